The topological polar surface area (TPSA) is 76.6 Å². The van der Waals surface area contributed by atoms with Gasteiger partial charge in [-0.1, -0.05) is 29.5 Å². The number of hydrogen-bond donors (Lipinski definition) is 0. The summed E-state index contributed by atoms with van der Waals surface area (Å²) in [6.45, 7) is 5.28. The zero-order valence-electron chi connectivity index (χ0n) is 17.9. The minimum atomic E-state index is -3.27. The molecule has 2 heterocycles. The summed E-state index contributed by atoms with van der Waals surface area (Å²) in [6.07, 6.45) is 3.28. The van der Waals surface area contributed by atoms with Gasteiger partial charge in [0.15, 0.2) is 15.0 Å². The van der Waals surface area contributed by atoms with Gasteiger partial charge in [0.05, 0.1) is 34.2 Å². The lowest BCUT2D eigenvalue weighted by Gasteiger charge is -2.23. The molecule has 2 aromatic carbocycles. The third kappa shape index (κ3) is 4.97. The molecular formula is C23H26N2O4S2. The Hall–Kier alpha value is -2.29. The standard InChI is InChI=1S/C23H26N2O4S2/c1-15-11-16(2)22-20(12-15)30-23(24-22)25(14-18-5-4-10-29-18)21(26)13-17-6-8-19(9-7-17)31(3,27)28/h6-9,11-12,18H,4-5,10,13-14H2,1-3H3. The first-order valence-corrected chi connectivity index (χ1v) is 13.0. The van der Waals surface area contributed by atoms with E-state index < -0.39 is 9.84 Å². The maximum absolute atomic E-state index is 13.3. The van der Waals surface area contributed by atoms with Crippen molar-refractivity contribution in [1.82, 2.24) is 4.98 Å². The van der Waals surface area contributed by atoms with Gasteiger partial charge in [-0.3, -0.25) is 9.69 Å². The number of rotatable bonds is 6. The number of fused-ring (bicyclic) bond motifs is 1. The second-order valence-corrected chi connectivity index (χ2v) is 11.2. The van der Waals surface area contributed by atoms with Crippen LogP contribution in [0.4, 0.5) is 5.13 Å². The molecule has 1 aliphatic heterocycles. The number of carbonyl (C=O) groups excluding carboxylic acids is 1. The SMILES string of the molecule is Cc1cc(C)c2nc(N(CC3CCCO3)C(=O)Cc3ccc(S(C)(=O)=O)cc3)sc2c1. The van der Waals surface area contributed by atoms with Gasteiger partial charge in [0.1, 0.15) is 0 Å². The highest BCUT2D eigenvalue weighted by Crippen LogP contribution is 2.33. The first kappa shape index (κ1) is 21.9. The number of anilines is 1. The molecule has 0 N–H and O–H groups in total. The van der Waals surface area contributed by atoms with Crippen molar-refractivity contribution in [2.45, 2.75) is 44.1 Å². The number of aromatic nitrogens is 1. The Balaban J connectivity index is 1.63. The number of aryl methyl sites for hydroxylation is 2. The molecule has 0 spiro atoms. The molecule has 3 aromatic rings. The van der Waals surface area contributed by atoms with Gasteiger partial charge in [-0.05, 0) is 61.6 Å². The summed E-state index contributed by atoms with van der Waals surface area (Å²) in [4.78, 5) is 20.1. The Kier molecular flexibility index (Phi) is 6.14. The first-order chi connectivity index (χ1) is 14.7. The molecule has 4 rings (SSSR count). The predicted molar refractivity (Wildman–Crippen MR) is 124 cm³/mol. The van der Waals surface area contributed by atoms with Crippen molar-refractivity contribution in [3.8, 4) is 0 Å². The Bertz CT molecular complexity index is 1210. The van der Waals surface area contributed by atoms with E-state index in [1.807, 2.05) is 6.92 Å². The number of sulfone groups is 1. The van der Waals surface area contributed by atoms with Gasteiger partial charge in [-0.2, -0.15) is 0 Å². The van der Waals surface area contributed by atoms with E-state index in [9.17, 15) is 13.2 Å². The van der Waals surface area contributed by atoms with Crippen molar-refractivity contribution >= 4 is 42.4 Å². The van der Waals surface area contributed by atoms with Crippen LogP contribution in [0.3, 0.4) is 0 Å². The van der Waals surface area contributed by atoms with Crippen LogP contribution in [0.25, 0.3) is 10.2 Å². The number of carbonyl (C=O) groups is 1. The average molecular weight is 459 g/mol. The Morgan fingerprint density at radius 3 is 2.61 bits per heavy atom. The fourth-order valence-electron chi connectivity index (χ4n) is 3.88. The van der Waals surface area contributed by atoms with Crippen LogP contribution in [0.5, 0.6) is 0 Å². The van der Waals surface area contributed by atoms with Crippen LogP contribution < -0.4 is 4.90 Å². The molecular weight excluding hydrogens is 432 g/mol. The minimum Gasteiger partial charge on any atom is -0.376 e. The summed E-state index contributed by atoms with van der Waals surface area (Å²) in [5.74, 6) is -0.0731. The van der Waals surface area contributed by atoms with E-state index in [1.165, 1.54) is 23.2 Å². The number of benzene rings is 2. The van der Waals surface area contributed by atoms with E-state index in [0.717, 1.165) is 40.8 Å². The van der Waals surface area contributed by atoms with Crippen LogP contribution in [-0.4, -0.2) is 44.8 Å². The number of thiazole rings is 1. The van der Waals surface area contributed by atoms with Crippen molar-refractivity contribution in [2.75, 3.05) is 24.3 Å². The van der Waals surface area contributed by atoms with Crippen LogP contribution in [0.1, 0.15) is 29.5 Å². The highest BCUT2D eigenvalue weighted by atomic mass is 32.2. The number of hydrogen-bond acceptors (Lipinski definition) is 6. The lowest BCUT2D eigenvalue weighted by atomic mass is 10.1. The lowest BCUT2D eigenvalue weighted by Crippen LogP contribution is -2.38. The second-order valence-electron chi connectivity index (χ2n) is 8.16. The van der Waals surface area contributed by atoms with Crippen LogP contribution in [0.15, 0.2) is 41.3 Å². The van der Waals surface area contributed by atoms with Crippen LogP contribution in [0, 0.1) is 13.8 Å². The van der Waals surface area contributed by atoms with Gasteiger partial charge in [0.2, 0.25) is 5.91 Å². The number of ether oxygens (including phenoxy) is 1. The third-order valence-electron chi connectivity index (χ3n) is 5.47. The molecule has 31 heavy (non-hydrogen) atoms. The van der Waals surface area contributed by atoms with Crippen molar-refractivity contribution in [3.63, 3.8) is 0 Å². The van der Waals surface area contributed by atoms with Crippen molar-refractivity contribution in [2.24, 2.45) is 0 Å². The maximum atomic E-state index is 13.3. The van der Waals surface area contributed by atoms with Gasteiger partial charge in [-0.15, -0.1) is 0 Å². The van der Waals surface area contributed by atoms with Gasteiger partial charge in [0.25, 0.3) is 0 Å². The Labute approximate surface area is 186 Å². The largest absolute Gasteiger partial charge is 0.376 e. The molecule has 0 aliphatic carbocycles. The molecule has 0 bridgehead atoms. The fourth-order valence-corrected chi connectivity index (χ4v) is 5.68. The molecule has 8 heteroatoms. The molecule has 0 radical (unpaired) electrons. The summed E-state index contributed by atoms with van der Waals surface area (Å²) in [5.41, 5.74) is 3.96. The summed E-state index contributed by atoms with van der Waals surface area (Å²) >= 11 is 1.52. The van der Waals surface area contributed by atoms with E-state index in [0.29, 0.717) is 11.7 Å². The van der Waals surface area contributed by atoms with Crippen molar-refractivity contribution in [3.05, 3.63) is 53.1 Å². The van der Waals surface area contributed by atoms with Crippen molar-refractivity contribution < 1.29 is 17.9 Å². The zero-order chi connectivity index (χ0) is 22.2. The molecule has 1 saturated heterocycles. The summed E-state index contributed by atoms with van der Waals surface area (Å²) in [5, 5.41) is 0.678. The van der Waals surface area contributed by atoms with Gasteiger partial charge in [0, 0.05) is 12.9 Å². The zero-order valence-corrected chi connectivity index (χ0v) is 19.6. The fraction of sp³-hybridized carbons (Fsp3) is 0.391. The molecule has 1 aromatic heterocycles. The summed E-state index contributed by atoms with van der Waals surface area (Å²) < 4.78 is 30.2. The van der Waals surface area contributed by atoms with E-state index in [2.05, 4.69) is 19.1 Å². The molecule has 0 saturated carbocycles. The highest BCUT2D eigenvalue weighted by molar-refractivity contribution is 7.90. The maximum Gasteiger partial charge on any atom is 0.233 e. The van der Waals surface area contributed by atoms with E-state index in [4.69, 9.17) is 9.72 Å². The molecule has 1 atom stereocenters. The summed E-state index contributed by atoms with van der Waals surface area (Å²) in [7, 11) is -3.27. The van der Waals surface area contributed by atoms with E-state index in [1.54, 1.807) is 29.2 Å². The smallest absolute Gasteiger partial charge is 0.233 e. The van der Waals surface area contributed by atoms with Crippen molar-refractivity contribution in [1.29, 1.82) is 0 Å². The normalized spacial score (nSPS) is 16.7. The first-order valence-electron chi connectivity index (χ1n) is 10.3. The predicted octanol–water partition coefficient (Wildman–Crippen LogP) is 4.07. The van der Waals surface area contributed by atoms with Crippen LogP contribution in [0.2, 0.25) is 0 Å². The number of nitrogens with zero attached hydrogens (tertiary/aromatic N) is 2. The van der Waals surface area contributed by atoms with Gasteiger partial charge >= 0.3 is 0 Å². The lowest BCUT2D eigenvalue weighted by molar-refractivity contribution is -0.118. The Morgan fingerprint density at radius 2 is 1.97 bits per heavy atom. The summed E-state index contributed by atoms with van der Waals surface area (Å²) in [6, 6.07) is 10.7. The van der Waals surface area contributed by atoms with E-state index in [-0.39, 0.29) is 23.3 Å². The monoisotopic (exact) mass is 458 g/mol. The number of amides is 1. The second kappa shape index (κ2) is 8.68. The van der Waals surface area contributed by atoms with Gasteiger partial charge < -0.3 is 4.74 Å². The molecule has 1 aliphatic rings. The minimum absolute atomic E-state index is 0.00593. The molecule has 6 nitrogen and oxygen atoms in total. The van der Waals surface area contributed by atoms with E-state index >= 15 is 0 Å². The highest BCUT2D eigenvalue weighted by Gasteiger charge is 2.26. The Morgan fingerprint density at radius 1 is 1.23 bits per heavy atom. The van der Waals surface area contributed by atoms with Gasteiger partial charge in [-0.25, -0.2) is 13.4 Å². The van der Waals surface area contributed by atoms with Crippen LogP contribution >= 0.6 is 11.3 Å². The molecule has 164 valence electrons. The molecule has 1 unspecified atom stereocenters. The molecule has 1 fully saturated rings. The van der Waals surface area contributed by atoms with Crippen LogP contribution in [-0.2, 0) is 25.8 Å². The molecule has 1 amide bonds. The quantitative estimate of drug-likeness (QED) is 0.557. The third-order valence-corrected chi connectivity index (χ3v) is 7.62. The average Bonchev–Trinajstić information content (AvgIpc) is 3.35.